The van der Waals surface area contributed by atoms with Gasteiger partial charge in [-0.3, -0.25) is 14.9 Å². The quantitative estimate of drug-likeness (QED) is 0.405. The van der Waals surface area contributed by atoms with Gasteiger partial charge in [0.1, 0.15) is 11.4 Å². The molecule has 1 N–H and O–H groups in total. The predicted molar refractivity (Wildman–Crippen MR) is 94.6 cm³/mol. The molecule has 0 heterocycles. The summed E-state index contributed by atoms with van der Waals surface area (Å²) in [6.07, 6.45) is -4.79. The fourth-order valence-electron chi connectivity index (χ4n) is 2.04. The molecule has 0 aliphatic rings. The molecule has 2 aromatic carbocycles. The average Bonchev–Trinajstić information content (AvgIpc) is 2.64. The number of carbonyl (C=O) groups excluding carboxylic acids is 2. The van der Waals surface area contributed by atoms with E-state index in [4.69, 9.17) is 16.3 Å². The molecular formula is C17H12ClF3N2O6. The van der Waals surface area contributed by atoms with Gasteiger partial charge in [0, 0.05) is 11.1 Å². The highest BCUT2D eigenvalue weighted by molar-refractivity contribution is 6.30. The molecule has 2 aromatic rings. The van der Waals surface area contributed by atoms with Crippen molar-refractivity contribution < 1.29 is 37.2 Å². The van der Waals surface area contributed by atoms with Crippen molar-refractivity contribution in [3.63, 3.8) is 0 Å². The van der Waals surface area contributed by atoms with Gasteiger partial charge in [0.15, 0.2) is 13.2 Å². The number of rotatable bonds is 7. The first-order chi connectivity index (χ1) is 13.6. The molecule has 0 atom stereocenters. The standard InChI is InChI=1S/C17H12ClF3N2O6/c18-11-2-1-3-12(7-11)28-9-16(25)29-8-15(24)22-13-5-4-10(17(19,20)21)6-14(13)23(26)27/h1-7H,8-9H2,(H,22,24). The first-order valence-electron chi connectivity index (χ1n) is 7.76. The average molecular weight is 433 g/mol. The van der Waals surface area contributed by atoms with Crippen LogP contribution in [0.1, 0.15) is 5.56 Å². The molecule has 8 nitrogen and oxygen atoms in total. The van der Waals surface area contributed by atoms with E-state index in [1.807, 2.05) is 5.32 Å². The molecule has 1 amide bonds. The van der Waals surface area contributed by atoms with E-state index in [-0.39, 0.29) is 0 Å². The topological polar surface area (TPSA) is 108 Å². The number of nitro groups is 1. The van der Waals surface area contributed by atoms with Crippen molar-refractivity contribution in [2.75, 3.05) is 18.5 Å². The number of halogens is 4. The maximum Gasteiger partial charge on any atom is 0.416 e. The SMILES string of the molecule is O=C(COC(=O)COc1cccc(Cl)c1)Nc1ccc(C(F)(F)F)cc1[N+](=O)[O-]. The van der Waals surface area contributed by atoms with Crippen LogP contribution >= 0.6 is 11.6 Å². The molecule has 2 rings (SSSR count). The second kappa shape index (κ2) is 9.24. The summed E-state index contributed by atoms with van der Waals surface area (Å²) in [6, 6.07) is 7.78. The lowest BCUT2D eigenvalue weighted by Crippen LogP contribution is -2.24. The zero-order chi connectivity index (χ0) is 21.6. The third-order valence-electron chi connectivity index (χ3n) is 3.31. The fourth-order valence-corrected chi connectivity index (χ4v) is 2.22. The smallest absolute Gasteiger partial charge is 0.416 e. The van der Waals surface area contributed by atoms with Crippen LogP contribution in [0.4, 0.5) is 24.5 Å². The van der Waals surface area contributed by atoms with E-state index in [0.29, 0.717) is 22.9 Å². The van der Waals surface area contributed by atoms with E-state index >= 15 is 0 Å². The van der Waals surface area contributed by atoms with Crippen molar-refractivity contribution in [3.05, 3.63) is 63.2 Å². The van der Waals surface area contributed by atoms with Gasteiger partial charge >= 0.3 is 12.1 Å². The van der Waals surface area contributed by atoms with E-state index < -0.39 is 53.1 Å². The molecule has 0 aromatic heterocycles. The van der Waals surface area contributed by atoms with Gasteiger partial charge in [-0.05, 0) is 30.3 Å². The van der Waals surface area contributed by atoms with Gasteiger partial charge in [-0.2, -0.15) is 13.2 Å². The second-order valence-corrected chi connectivity index (χ2v) is 5.88. The number of carbonyl (C=O) groups is 2. The Labute approximate surface area is 166 Å². The van der Waals surface area contributed by atoms with Crippen LogP contribution in [0.15, 0.2) is 42.5 Å². The van der Waals surface area contributed by atoms with Crippen LogP contribution in [0.25, 0.3) is 0 Å². The summed E-state index contributed by atoms with van der Waals surface area (Å²) in [4.78, 5) is 33.3. The molecule has 0 fully saturated rings. The molecule has 0 spiro atoms. The minimum Gasteiger partial charge on any atom is -0.482 e. The summed E-state index contributed by atoms with van der Waals surface area (Å²) < 4.78 is 47.8. The number of nitrogens with one attached hydrogen (secondary N) is 1. The molecule has 0 saturated carbocycles. The Bertz CT molecular complexity index is 936. The van der Waals surface area contributed by atoms with Crippen molar-refractivity contribution in [3.8, 4) is 5.75 Å². The molecule has 0 saturated heterocycles. The Balaban J connectivity index is 1.91. The van der Waals surface area contributed by atoms with Crippen LogP contribution in [-0.4, -0.2) is 30.0 Å². The monoisotopic (exact) mass is 432 g/mol. The second-order valence-electron chi connectivity index (χ2n) is 5.44. The number of nitrogens with zero attached hydrogens (tertiary/aromatic N) is 1. The maximum atomic E-state index is 12.7. The minimum absolute atomic E-state index is 0.291. The number of ether oxygens (including phenoxy) is 2. The molecule has 29 heavy (non-hydrogen) atoms. The lowest BCUT2D eigenvalue weighted by atomic mass is 10.1. The largest absolute Gasteiger partial charge is 0.482 e. The van der Waals surface area contributed by atoms with E-state index in [9.17, 15) is 32.9 Å². The van der Waals surface area contributed by atoms with Crippen LogP contribution in [0.3, 0.4) is 0 Å². The van der Waals surface area contributed by atoms with Crippen molar-refractivity contribution in [1.29, 1.82) is 0 Å². The van der Waals surface area contributed by atoms with Crippen molar-refractivity contribution in [1.82, 2.24) is 0 Å². The molecule has 0 aliphatic heterocycles. The number of esters is 1. The van der Waals surface area contributed by atoms with E-state index in [1.54, 1.807) is 12.1 Å². The van der Waals surface area contributed by atoms with Crippen LogP contribution in [-0.2, 0) is 20.5 Å². The Morgan fingerprint density at radius 3 is 2.48 bits per heavy atom. The highest BCUT2D eigenvalue weighted by Crippen LogP contribution is 2.34. The first-order valence-corrected chi connectivity index (χ1v) is 8.13. The maximum absolute atomic E-state index is 12.7. The first kappa shape index (κ1) is 22.0. The Morgan fingerprint density at radius 2 is 1.86 bits per heavy atom. The number of hydrogen-bond acceptors (Lipinski definition) is 6. The van der Waals surface area contributed by atoms with Crippen molar-refractivity contribution in [2.24, 2.45) is 0 Å². The van der Waals surface area contributed by atoms with Crippen LogP contribution < -0.4 is 10.1 Å². The summed E-state index contributed by atoms with van der Waals surface area (Å²) in [7, 11) is 0. The van der Waals surface area contributed by atoms with Crippen molar-refractivity contribution >= 4 is 34.9 Å². The molecule has 0 bridgehead atoms. The summed E-state index contributed by atoms with van der Waals surface area (Å²) in [5.41, 5.74) is -2.67. The van der Waals surface area contributed by atoms with E-state index in [0.717, 1.165) is 6.07 Å². The van der Waals surface area contributed by atoms with Gasteiger partial charge in [-0.25, -0.2) is 4.79 Å². The van der Waals surface area contributed by atoms with Gasteiger partial charge in [0.05, 0.1) is 10.5 Å². The highest BCUT2D eigenvalue weighted by atomic mass is 35.5. The van der Waals surface area contributed by atoms with Gasteiger partial charge in [0.2, 0.25) is 0 Å². The normalized spacial score (nSPS) is 10.9. The summed E-state index contributed by atoms with van der Waals surface area (Å²) >= 11 is 5.75. The predicted octanol–water partition coefficient (Wildman–Crippen LogP) is 3.83. The number of anilines is 1. The van der Waals surface area contributed by atoms with E-state index in [2.05, 4.69) is 4.74 Å². The molecule has 154 valence electrons. The molecule has 0 unspecified atom stereocenters. The third-order valence-corrected chi connectivity index (χ3v) is 3.55. The lowest BCUT2D eigenvalue weighted by molar-refractivity contribution is -0.384. The van der Waals surface area contributed by atoms with Crippen LogP contribution in [0.2, 0.25) is 5.02 Å². The van der Waals surface area contributed by atoms with Crippen LogP contribution in [0.5, 0.6) is 5.75 Å². The number of amides is 1. The lowest BCUT2D eigenvalue weighted by Gasteiger charge is -2.10. The number of benzene rings is 2. The number of hydrogen-bond donors (Lipinski definition) is 1. The zero-order valence-electron chi connectivity index (χ0n) is 14.4. The summed E-state index contributed by atoms with van der Waals surface area (Å²) in [5.74, 6) is -1.61. The number of nitro benzene ring substituents is 1. The summed E-state index contributed by atoms with van der Waals surface area (Å²) in [6.45, 7) is -1.36. The Kier molecular flexibility index (Phi) is 6.99. The van der Waals surface area contributed by atoms with Crippen LogP contribution in [0, 0.1) is 10.1 Å². The van der Waals surface area contributed by atoms with Gasteiger partial charge in [-0.1, -0.05) is 17.7 Å². The fraction of sp³-hybridized carbons (Fsp3) is 0.176. The molecule has 12 heteroatoms. The Hall–Kier alpha value is -3.34. The zero-order valence-corrected chi connectivity index (χ0v) is 15.1. The number of alkyl halides is 3. The Morgan fingerprint density at radius 1 is 1.14 bits per heavy atom. The molecule has 0 radical (unpaired) electrons. The molecular weight excluding hydrogens is 421 g/mol. The van der Waals surface area contributed by atoms with Gasteiger partial charge in [-0.15, -0.1) is 0 Å². The minimum atomic E-state index is -4.79. The van der Waals surface area contributed by atoms with E-state index in [1.165, 1.54) is 12.1 Å². The summed E-state index contributed by atoms with van der Waals surface area (Å²) in [5, 5.41) is 13.4. The third kappa shape index (κ3) is 6.64. The highest BCUT2D eigenvalue weighted by Gasteiger charge is 2.33. The van der Waals surface area contributed by atoms with Gasteiger partial charge in [0.25, 0.3) is 11.6 Å². The van der Waals surface area contributed by atoms with Crippen molar-refractivity contribution in [2.45, 2.75) is 6.18 Å². The molecule has 0 aliphatic carbocycles. The van der Waals surface area contributed by atoms with Gasteiger partial charge < -0.3 is 14.8 Å².